The quantitative estimate of drug-likeness (QED) is 0.599. The number of benzene rings is 1. The molecule has 2 aromatic heterocycles. The predicted octanol–water partition coefficient (Wildman–Crippen LogP) is 4.46. The van der Waals surface area contributed by atoms with Crippen LogP contribution in [0.2, 0.25) is 0 Å². The Labute approximate surface area is 188 Å². The highest BCUT2D eigenvalue weighted by molar-refractivity contribution is 7.16. The van der Waals surface area contributed by atoms with Crippen LogP contribution in [-0.2, 0) is 0 Å². The summed E-state index contributed by atoms with van der Waals surface area (Å²) in [5.41, 5.74) is 0.882. The number of methoxy groups -OCH3 is 1. The number of halogens is 1. The molecule has 0 radical (unpaired) electrons. The first-order valence-electron chi connectivity index (χ1n) is 10.5. The average Bonchev–Trinajstić information content (AvgIpc) is 3.35. The first kappa shape index (κ1) is 21.0. The van der Waals surface area contributed by atoms with Gasteiger partial charge in [-0.15, -0.1) is 5.10 Å². The fourth-order valence-corrected chi connectivity index (χ4v) is 5.94. The van der Waals surface area contributed by atoms with Crippen LogP contribution in [0.15, 0.2) is 24.5 Å². The number of aromatic hydroxyl groups is 1. The number of ether oxygens (including phenoxy) is 2. The number of alkyl halides is 1. The van der Waals surface area contributed by atoms with Crippen LogP contribution < -0.4 is 9.47 Å². The molecule has 2 aliphatic rings. The largest absolute Gasteiger partial charge is 0.507 e. The summed E-state index contributed by atoms with van der Waals surface area (Å²) in [5.74, 6) is 0.381. The van der Waals surface area contributed by atoms with E-state index in [1.807, 2.05) is 6.92 Å². The molecule has 8 nitrogen and oxygen atoms in total. The number of fused-ring (bicyclic) bond motifs is 2. The van der Waals surface area contributed by atoms with Crippen molar-refractivity contribution in [1.82, 2.24) is 25.1 Å². The first-order chi connectivity index (χ1) is 15.3. The molecule has 2 aliphatic carbocycles. The van der Waals surface area contributed by atoms with Gasteiger partial charge in [-0.1, -0.05) is 36.3 Å². The minimum Gasteiger partial charge on any atom is -0.507 e. The van der Waals surface area contributed by atoms with E-state index < -0.39 is 12.3 Å². The molecule has 2 saturated carbocycles. The molecule has 5 rings (SSSR count). The maximum Gasteiger partial charge on any atom is 0.319 e. The van der Waals surface area contributed by atoms with Gasteiger partial charge in [-0.3, -0.25) is 0 Å². The zero-order valence-electron chi connectivity index (χ0n) is 18.1. The zero-order valence-corrected chi connectivity index (χ0v) is 18.9. The second-order valence-electron chi connectivity index (χ2n) is 9.30. The topological polar surface area (TPSA) is 103 Å². The van der Waals surface area contributed by atoms with E-state index >= 15 is 4.39 Å². The van der Waals surface area contributed by atoms with Crippen LogP contribution in [0, 0.1) is 10.8 Å². The van der Waals surface area contributed by atoms with Gasteiger partial charge in [0.05, 0.1) is 12.7 Å². The molecule has 10 heteroatoms. The Bertz CT molecular complexity index is 1160. The minimum absolute atomic E-state index is 0.00341. The van der Waals surface area contributed by atoms with Gasteiger partial charge in [0.2, 0.25) is 0 Å². The summed E-state index contributed by atoms with van der Waals surface area (Å²) in [7, 11) is 1.47. The van der Waals surface area contributed by atoms with E-state index in [0.29, 0.717) is 33.6 Å². The lowest BCUT2D eigenvalue weighted by molar-refractivity contribution is -0.0415. The van der Waals surface area contributed by atoms with Crippen molar-refractivity contribution in [3.8, 4) is 38.9 Å². The van der Waals surface area contributed by atoms with Crippen molar-refractivity contribution < 1.29 is 19.0 Å². The lowest BCUT2D eigenvalue weighted by Crippen LogP contribution is -2.46. The van der Waals surface area contributed by atoms with Crippen LogP contribution in [-0.4, -0.2) is 49.6 Å². The summed E-state index contributed by atoms with van der Waals surface area (Å²) >= 11 is 1.19. The fourth-order valence-electron chi connectivity index (χ4n) is 5.15. The maximum absolute atomic E-state index is 15.2. The Balaban J connectivity index is 1.36. The molecule has 0 unspecified atom stereocenters. The monoisotopic (exact) mass is 457 g/mol. The molecule has 0 saturated heterocycles. The third-order valence-corrected chi connectivity index (χ3v) is 7.54. The molecule has 2 fully saturated rings. The van der Waals surface area contributed by atoms with E-state index in [9.17, 15) is 5.11 Å². The molecule has 0 amide bonds. The molecule has 0 spiro atoms. The van der Waals surface area contributed by atoms with Gasteiger partial charge in [0.25, 0.3) is 5.19 Å². The molecule has 32 heavy (non-hydrogen) atoms. The summed E-state index contributed by atoms with van der Waals surface area (Å²) in [5, 5.41) is 19.6. The van der Waals surface area contributed by atoms with E-state index in [1.54, 1.807) is 18.2 Å². The summed E-state index contributed by atoms with van der Waals surface area (Å²) in [6, 6.07) is 5.22. The Morgan fingerprint density at radius 1 is 1.19 bits per heavy atom. The van der Waals surface area contributed by atoms with Crippen LogP contribution in [0.25, 0.3) is 22.0 Å². The molecule has 3 aromatic rings. The van der Waals surface area contributed by atoms with E-state index in [-0.39, 0.29) is 22.6 Å². The molecule has 1 N–H and O–H groups in total. The third-order valence-electron chi connectivity index (χ3n) is 6.69. The van der Waals surface area contributed by atoms with Crippen molar-refractivity contribution in [2.24, 2.45) is 10.8 Å². The first-order valence-corrected chi connectivity index (χ1v) is 11.3. The molecular weight excluding hydrogens is 433 g/mol. The van der Waals surface area contributed by atoms with Gasteiger partial charge in [-0.05, 0) is 43.2 Å². The van der Waals surface area contributed by atoms with Gasteiger partial charge >= 0.3 is 6.01 Å². The Morgan fingerprint density at radius 2 is 2.03 bits per heavy atom. The minimum atomic E-state index is -1.03. The number of phenols is 1. The molecule has 4 atom stereocenters. The van der Waals surface area contributed by atoms with Gasteiger partial charge in [-0.2, -0.15) is 9.97 Å². The summed E-state index contributed by atoms with van der Waals surface area (Å²) in [6.07, 6.45) is 3.27. The van der Waals surface area contributed by atoms with Crippen LogP contribution in [0.4, 0.5) is 4.39 Å². The second-order valence-corrected chi connectivity index (χ2v) is 10.2. The summed E-state index contributed by atoms with van der Waals surface area (Å²) < 4.78 is 26.2. The van der Waals surface area contributed by atoms with Crippen LogP contribution >= 0.6 is 11.3 Å². The van der Waals surface area contributed by atoms with Gasteiger partial charge in [0.15, 0.2) is 10.8 Å². The molecule has 2 heterocycles. The van der Waals surface area contributed by atoms with Crippen LogP contribution in [0.5, 0.6) is 17.0 Å². The highest BCUT2D eigenvalue weighted by Gasteiger charge is 2.56. The van der Waals surface area contributed by atoms with Crippen LogP contribution in [0.1, 0.15) is 39.5 Å². The smallest absolute Gasteiger partial charge is 0.319 e. The van der Waals surface area contributed by atoms with Crippen molar-refractivity contribution in [3.05, 3.63) is 24.5 Å². The highest BCUT2D eigenvalue weighted by atomic mass is 32.1. The third kappa shape index (κ3) is 3.66. The summed E-state index contributed by atoms with van der Waals surface area (Å²) in [4.78, 5) is 12.2. The van der Waals surface area contributed by atoms with Crippen molar-refractivity contribution >= 4 is 11.3 Å². The van der Waals surface area contributed by atoms with E-state index in [0.717, 1.165) is 19.3 Å². The Kier molecular flexibility index (Phi) is 4.99. The Morgan fingerprint density at radius 3 is 2.81 bits per heavy atom. The SMILES string of the molecule is COc1ncnc(-c2ccc(-c3nnc(O[C@H]4C[C@]5(C)CC[C@@](C)(C5)[C@H]4F)s3)c(O)c2)n1. The summed E-state index contributed by atoms with van der Waals surface area (Å²) in [6.45, 7) is 4.24. The predicted molar refractivity (Wildman–Crippen MR) is 116 cm³/mol. The normalized spacial score (nSPS) is 29.1. The molecule has 2 bridgehead atoms. The molecule has 1 aromatic carbocycles. The Hall–Kier alpha value is -2.88. The van der Waals surface area contributed by atoms with E-state index in [4.69, 9.17) is 9.47 Å². The lowest BCUT2D eigenvalue weighted by Gasteiger charge is -2.42. The van der Waals surface area contributed by atoms with E-state index in [1.165, 1.54) is 24.8 Å². The molecule has 0 aliphatic heterocycles. The molecule has 168 valence electrons. The van der Waals surface area contributed by atoms with Gasteiger partial charge in [-0.25, -0.2) is 9.37 Å². The number of phenolic OH excluding ortho intramolecular Hbond substituents is 1. The fraction of sp³-hybridized carbons (Fsp3) is 0.500. The van der Waals surface area contributed by atoms with Crippen molar-refractivity contribution in [2.75, 3.05) is 7.11 Å². The lowest BCUT2D eigenvalue weighted by atomic mass is 9.68. The van der Waals surface area contributed by atoms with E-state index in [2.05, 4.69) is 32.1 Å². The zero-order chi connectivity index (χ0) is 22.5. The maximum atomic E-state index is 15.2. The van der Waals surface area contributed by atoms with Crippen molar-refractivity contribution in [3.63, 3.8) is 0 Å². The van der Waals surface area contributed by atoms with Crippen LogP contribution in [0.3, 0.4) is 0 Å². The van der Waals surface area contributed by atoms with Gasteiger partial charge in [0, 0.05) is 11.0 Å². The highest BCUT2D eigenvalue weighted by Crippen LogP contribution is 2.59. The van der Waals surface area contributed by atoms with Gasteiger partial charge in [0.1, 0.15) is 24.4 Å². The molecular formula is C22H24FN5O3S. The number of aromatic nitrogens is 5. The second kappa shape index (κ2) is 7.61. The average molecular weight is 458 g/mol. The number of hydrogen-bond acceptors (Lipinski definition) is 9. The van der Waals surface area contributed by atoms with Crippen molar-refractivity contribution in [2.45, 2.75) is 51.8 Å². The number of nitrogens with zero attached hydrogens (tertiary/aromatic N) is 5. The van der Waals surface area contributed by atoms with Gasteiger partial charge < -0.3 is 14.6 Å². The van der Waals surface area contributed by atoms with Crippen molar-refractivity contribution in [1.29, 1.82) is 0 Å². The number of hydrogen-bond donors (Lipinski definition) is 1. The number of rotatable bonds is 5. The standard InChI is InChI=1S/C22H24FN5O3S/c1-21-6-7-22(2,10-21)16(23)15(9-21)31-20-28-27-18(32-20)13-5-4-12(8-14(13)29)17-24-11-25-19(26-17)30-3/h4-5,8,11,15-16,29H,6-7,9-10H2,1-3H3/t15-,16-,21-,22-/m0/s1.